The molecule has 8 heteroatoms. The number of aliphatic hydroxyl groups excluding tert-OH is 2. The Kier molecular flexibility index (Phi) is 5.22. The van der Waals surface area contributed by atoms with E-state index in [1.54, 1.807) is 20.8 Å². The highest BCUT2D eigenvalue weighted by Gasteiger charge is 2.75. The normalized spacial score (nSPS) is 47.7. The highest BCUT2D eigenvalue weighted by molar-refractivity contribution is 6.25. The van der Waals surface area contributed by atoms with Crippen LogP contribution in [-0.4, -0.2) is 63.2 Å². The van der Waals surface area contributed by atoms with Crippen LogP contribution in [0.4, 0.5) is 4.39 Å². The van der Waals surface area contributed by atoms with Crippen molar-refractivity contribution in [2.24, 2.45) is 34.3 Å². The molecule has 0 unspecified atom stereocenters. The van der Waals surface area contributed by atoms with Crippen LogP contribution < -0.4 is 5.73 Å². The van der Waals surface area contributed by atoms with Gasteiger partial charge in [-0.15, -0.1) is 0 Å². The van der Waals surface area contributed by atoms with Gasteiger partial charge < -0.3 is 21.1 Å². The third kappa shape index (κ3) is 2.52. The molecule has 0 aliphatic heterocycles. The van der Waals surface area contributed by atoms with Crippen LogP contribution in [0.5, 0.6) is 0 Å². The number of aliphatic hydroxyl groups is 3. The van der Waals surface area contributed by atoms with Gasteiger partial charge in [0, 0.05) is 16.7 Å². The van der Waals surface area contributed by atoms with Crippen molar-refractivity contribution in [3.05, 3.63) is 23.3 Å². The Morgan fingerprint density at radius 3 is 2.53 bits per heavy atom. The average molecular weight is 450 g/mol. The van der Waals surface area contributed by atoms with Gasteiger partial charge in [0.05, 0.1) is 18.2 Å². The number of rotatable bonds is 4. The standard InChI is InChI=1S/C24H32FNO6/c1-12-6-16-15-5-4-13-7-17(28)14(18(29)10-26)8-21(13,2)23(15,25)19(30)9-22(16,3)24(12,32)20(31)11-27/h7-8,12,15-16,19,27,30,32H,4-6,9-11,26H2,1-3H3/t12-,15+,16+,19+,21+,22+,23+,24+/m1/s1. The van der Waals surface area contributed by atoms with Crippen LogP contribution in [0.1, 0.15) is 46.5 Å². The molecule has 0 aromatic rings. The summed E-state index contributed by atoms with van der Waals surface area (Å²) in [6.07, 6.45) is 2.04. The molecule has 0 amide bonds. The van der Waals surface area contributed by atoms with E-state index in [0.29, 0.717) is 24.8 Å². The number of carbonyl (C=O) groups is 3. The molecular weight excluding hydrogens is 417 g/mol. The van der Waals surface area contributed by atoms with E-state index in [0.717, 1.165) is 0 Å². The summed E-state index contributed by atoms with van der Waals surface area (Å²) in [5.41, 5.74) is -0.755. The molecule has 0 spiro atoms. The van der Waals surface area contributed by atoms with Gasteiger partial charge in [0.25, 0.3) is 0 Å². The van der Waals surface area contributed by atoms with Gasteiger partial charge in [-0.05, 0) is 50.5 Å². The van der Waals surface area contributed by atoms with Gasteiger partial charge in [0.15, 0.2) is 23.0 Å². The van der Waals surface area contributed by atoms with Gasteiger partial charge in [0.1, 0.15) is 12.2 Å². The van der Waals surface area contributed by atoms with Crippen LogP contribution in [0, 0.1) is 28.6 Å². The SMILES string of the molecule is C[C@@H]1C[C@H]2[C@@H]3CCC4=CC(=O)C(C(=O)CN)=C[C@]4(C)[C@@]3(F)[C@@H](O)C[C@]2(C)[C@@]1(O)C(=O)CO. The first kappa shape index (κ1) is 23.4. The first-order chi connectivity index (χ1) is 14.8. The number of alkyl halides is 1. The molecule has 0 aromatic heterocycles. The smallest absolute Gasteiger partial charge is 0.190 e. The third-order valence-electron chi connectivity index (χ3n) is 9.38. The maximum Gasteiger partial charge on any atom is 0.190 e. The largest absolute Gasteiger partial charge is 0.390 e. The van der Waals surface area contributed by atoms with Crippen molar-refractivity contribution in [3.8, 4) is 0 Å². The number of halogens is 1. The fourth-order valence-electron chi connectivity index (χ4n) is 7.68. The molecule has 8 atom stereocenters. The lowest BCUT2D eigenvalue weighted by atomic mass is 9.44. The number of nitrogens with two attached hydrogens (primary N) is 1. The lowest BCUT2D eigenvalue weighted by molar-refractivity contribution is -0.219. The third-order valence-corrected chi connectivity index (χ3v) is 9.38. The lowest BCUT2D eigenvalue weighted by Crippen LogP contribution is -2.69. The Morgan fingerprint density at radius 2 is 1.94 bits per heavy atom. The molecule has 3 fully saturated rings. The van der Waals surface area contributed by atoms with E-state index in [-0.39, 0.29) is 18.5 Å². The minimum Gasteiger partial charge on any atom is -0.390 e. The molecule has 7 nitrogen and oxygen atoms in total. The second-order valence-electron chi connectivity index (χ2n) is 10.6. The summed E-state index contributed by atoms with van der Waals surface area (Å²) in [7, 11) is 0. The number of ketones is 3. The second-order valence-corrected chi connectivity index (χ2v) is 10.6. The van der Waals surface area contributed by atoms with Crippen LogP contribution in [0.25, 0.3) is 0 Å². The maximum absolute atomic E-state index is 17.3. The van der Waals surface area contributed by atoms with E-state index in [9.17, 15) is 29.7 Å². The van der Waals surface area contributed by atoms with Crippen LogP contribution in [0.3, 0.4) is 0 Å². The molecule has 4 aliphatic carbocycles. The minimum atomic E-state index is -2.20. The molecule has 4 aliphatic rings. The van der Waals surface area contributed by atoms with Crippen LogP contribution in [0.15, 0.2) is 23.3 Å². The molecule has 0 aromatic carbocycles. The fourth-order valence-corrected chi connectivity index (χ4v) is 7.68. The number of carbonyl (C=O) groups excluding carboxylic acids is 3. The Bertz CT molecular complexity index is 960. The highest BCUT2D eigenvalue weighted by atomic mass is 19.1. The predicted octanol–water partition coefficient (Wildman–Crippen LogP) is 0.794. The summed E-state index contributed by atoms with van der Waals surface area (Å²) < 4.78 is 17.3. The summed E-state index contributed by atoms with van der Waals surface area (Å²) >= 11 is 0. The average Bonchev–Trinajstić information content (AvgIpc) is 2.95. The molecule has 0 bridgehead atoms. The van der Waals surface area contributed by atoms with E-state index >= 15 is 4.39 Å². The van der Waals surface area contributed by atoms with Crippen molar-refractivity contribution < 1.29 is 34.1 Å². The molecular formula is C24H32FNO6. The topological polar surface area (TPSA) is 138 Å². The van der Waals surface area contributed by atoms with Gasteiger partial charge in [-0.1, -0.05) is 25.5 Å². The zero-order valence-corrected chi connectivity index (χ0v) is 18.7. The summed E-state index contributed by atoms with van der Waals surface area (Å²) in [5, 5.41) is 32.3. The molecule has 176 valence electrons. The summed E-state index contributed by atoms with van der Waals surface area (Å²) in [6.45, 7) is 3.82. The molecule has 4 rings (SSSR count). The van der Waals surface area contributed by atoms with Crippen molar-refractivity contribution in [1.82, 2.24) is 0 Å². The molecule has 0 saturated heterocycles. The van der Waals surface area contributed by atoms with Crippen molar-refractivity contribution >= 4 is 17.3 Å². The zero-order valence-electron chi connectivity index (χ0n) is 18.7. The first-order valence-electron chi connectivity index (χ1n) is 11.3. The van der Waals surface area contributed by atoms with Crippen LogP contribution in [0.2, 0.25) is 0 Å². The quantitative estimate of drug-likeness (QED) is 0.466. The monoisotopic (exact) mass is 449 g/mol. The molecule has 3 saturated carbocycles. The van der Waals surface area contributed by atoms with E-state index in [1.807, 2.05) is 0 Å². The maximum atomic E-state index is 17.3. The van der Waals surface area contributed by atoms with E-state index in [1.165, 1.54) is 12.2 Å². The van der Waals surface area contributed by atoms with Crippen molar-refractivity contribution in [2.75, 3.05) is 13.2 Å². The summed E-state index contributed by atoms with van der Waals surface area (Å²) in [4.78, 5) is 37.4. The molecule has 0 heterocycles. The number of hydrogen-bond donors (Lipinski definition) is 4. The molecule has 5 N–H and O–H groups in total. The van der Waals surface area contributed by atoms with E-state index < -0.39 is 69.9 Å². The number of hydrogen-bond acceptors (Lipinski definition) is 7. The van der Waals surface area contributed by atoms with Crippen molar-refractivity contribution in [1.29, 1.82) is 0 Å². The van der Waals surface area contributed by atoms with E-state index in [2.05, 4.69) is 0 Å². The lowest BCUT2D eigenvalue weighted by Gasteiger charge is -2.62. The van der Waals surface area contributed by atoms with Crippen molar-refractivity contribution in [3.63, 3.8) is 0 Å². The van der Waals surface area contributed by atoms with Gasteiger partial charge >= 0.3 is 0 Å². The van der Waals surface area contributed by atoms with Crippen molar-refractivity contribution in [2.45, 2.75) is 63.8 Å². The van der Waals surface area contributed by atoms with Gasteiger partial charge in [-0.25, -0.2) is 4.39 Å². The van der Waals surface area contributed by atoms with Gasteiger partial charge in [-0.3, -0.25) is 14.4 Å². The summed E-state index contributed by atoms with van der Waals surface area (Å²) in [5.74, 6) is -3.44. The fraction of sp³-hybridized carbons (Fsp3) is 0.708. The summed E-state index contributed by atoms with van der Waals surface area (Å²) in [6, 6.07) is 0. The van der Waals surface area contributed by atoms with Crippen LogP contribution in [-0.2, 0) is 14.4 Å². The van der Waals surface area contributed by atoms with Gasteiger partial charge in [-0.2, -0.15) is 0 Å². The number of Topliss-reactive ketones (excluding diaryl/α,β-unsaturated/α-hetero) is 2. The second kappa shape index (κ2) is 7.13. The zero-order chi connectivity index (χ0) is 23.9. The number of fused-ring (bicyclic) bond motifs is 5. The van der Waals surface area contributed by atoms with E-state index in [4.69, 9.17) is 5.73 Å². The highest BCUT2D eigenvalue weighted by Crippen LogP contribution is 2.70. The Labute approximate surface area is 186 Å². The Balaban J connectivity index is 1.86. The molecule has 32 heavy (non-hydrogen) atoms. The minimum absolute atomic E-state index is 0.163. The molecule has 0 radical (unpaired) electrons. The Morgan fingerprint density at radius 1 is 1.28 bits per heavy atom. The predicted molar refractivity (Wildman–Crippen MR) is 113 cm³/mol. The van der Waals surface area contributed by atoms with Crippen LogP contribution >= 0.6 is 0 Å². The first-order valence-corrected chi connectivity index (χ1v) is 11.3. The number of allylic oxidation sites excluding steroid dienone is 3. The van der Waals surface area contributed by atoms with Gasteiger partial charge in [0.2, 0.25) is 0 Å². The Hall–Kier alpha value is -1.74.